The third-order valence-electron chi connectivity index (χ3n) is 1.57. The molecule has 0 aliphatic heterocycles. The summed E-state index contributed by atoms with van der Waals surface area (Å²) in [4.78, 5) is 2.69. The average Bonchev–Trinajstić information content (AvgIpc) is 1.97. The first-order valence-corrected chi connectivity index (χ1v) is 4.85. The van der Waals surface area contributed by atoms with Crippen molar-refractivity contribution in [2.75, 3.05) is 12.3 Å². The number of azide groups is 1. The van der Waals surface area contributed by atoms with Crippen molar-refractivity contribution in [3.63, 3.8) is 0 Å². The van der Waals surface area contributed by atoms with Gasteiger partial charge in [0.1, 0.15) is 0 Å². The molecule has 1 unspecified atom stereocenters. The van der Waals surface area contributed by atoms with Crippen molar-refractivity contribution in [2.24, 2.45) is 11.0 Å². The Morgan fingerprint density at radius 1 is 1.45 bits per heavy atom. The highest BCUT2D eigenvalue weighted by Gasteiger charge is 2.05. The molecule has 0 saturated carbocycles. The Morgan fingerprint density at radius 3 is 2.55 bits per heavy atom. The maximum atomic E-state index is 7.99. The molecule has 3 nitrogen and oxygen atoms in total. The fourth-order valence-electron chi connectivity index (χ4n) is 0.517. The molecule has 0 heterocycles. The van der Waals surface area contributed by atoms with Crippen LogP contribution in [0.5, 0.6) is 0 Å². The van der Waals surface area contributed by atoms with E-state index in [1.54, 1.807) is 0 Å². The van der Waals surface area contributed by atoms with Crippen molar-refractivity contribution in [2.45, 2.75) is 26.0 Å². The van der Waals surface area contributed by atoms with Gasteiger partial charge in [0.05, 0.1) is 0 Å². The summed E-state index contributed by atoms with van der Waals surface area (Å²) in [5, 5.41) is 4.12. The smallest absolute Gasteiger partial charge is 0.0348 e. The fourth-order valence-corrected chi connectivity index (χ4v) is 1.46. The third kappa shape index (κ3) is 6.07. The Kier molecular flexibility index (Phi) is 6.18. The third-order valence-corrected chi connectivity index (χ3v) is 3.06. The van der Waals surface area contributed by atoms with Gasteiger partial charge in [-0.3, -0.25) is 0 Å². The summed E-state index contributed by atoms with van der Waals surface area (Å²) in [7, 11) is 0. The summed E-state index contributed by atoms with van der Waals surface area (Å²) in [5.41, 5.74) is 7.99. The molecule has 0 bridgehead atoms. The zero-order valence-corrected chi connectivity index (χ0v) is 8.14. The lowest BCUT2D eigenvalue weighted by Crippen LogP contribution is -2.06. The molecular weight excluding hydrogens is 158 g/mol. The number of hydrogen-bond acceptors (Lipinski definition) is 2. The SMILES string of the molecule is CC(C)C(C)SCCN=[N+]=[N-]. The molecule has 0 aliphatic carbocycles. The van der Waals surface area contributed by atoms with E-state index in [2.05, 4.69) is 30.8 Å². The van der Waals surface area contributed by atoms with Gasteiger partial charge >= 0.3 is 0 Å². The topological polar surface area (TPSA) is 48.8 Å². The Labute approximate surface area is 72.2 Å². The molecule has 0 amide bonds. The molecule has 0 radical (unpaired) electrons. The van der Waals surface area contributed by atoms with Gasteiger partial charge in [0.25, 0.3) is 0 Å². The van der Waals surface area contributed by atoms with Gasteiger partial charge < -0.3 is 0 Å². The van der Waals surface area contributed by atoms with Crippen LogP contribution in [-0.4, -0.2) is 17.5 Å². The van der Waals surface area contributed by atoms with Crippen LogP contribution in [-0.2, 0) is 0 Å². The summed E-state index contributed by atoms with van der Waals surface area (Å²) in [6.07, 6.45) is 0. The average molecular weight is 173 g/mol. The van der Waals surface area contributed by atoms with Crippen molar-refractivity contribution in [1.82, 2.24) is 0 Å². The van der Waals surface area contributed by atoms with Crippen LogP contribution in [0.3, 0.4) is 0 Å². The standard InChI is InChI=1S/C7H15N3S/c1-6(2)7(3)11-5-4-9-10-8/h6-7H,4-5H2,1-3H3. The van der Waals surface area contributed by atoms with E-state index in [9.17, 15) is 0 Å². The number of nitrogens with zero attached hydrogens (tertiary/aromatic N) is 3. The predicted molar refractivity (Wildman–Crippen MR) is 50.8 cm³/mol. The van der Waals surface area contributed by atoms with Crippen LogP contribution in [0.15, 0.2) is 5.11 Å². The van der Waals surface area contributed by atoms with Crippen LogP contribution in [0.25, 0.3) is 10.4 Å². The van der Waals surface area contributed by atoms with Gasteiger partial charge in [0.15, 0.2) is 0 Å². The molecule has 64 valence electrons. The maximum Gasteiger partial charge on any atom is 0.0348 e. The number of thioether (sulfide) groups is 1. The number of rotatable bonds is 5. The van der Waals surface area contributed by atoms with E-state index in [0.29, 0.717) is 17.7 Å². The monoisotopic (exact) mass is 173 g/mol. The molecular formula is C7H15N3S. The Hall–Kier alpha value is -0.340. The molecule has 11 heavy (non-hydrogen) atoms. The minimum absolute atomic E-state index is 0.609. The highest BCUT2D eigenvalue weighted by molar-refractivity contribution is 7.99. The molecule has 0 N–H and O–H groups in total. The zero-order chi connectivity index (χ0) is 8.69. The summed E-state index contributed by atoms with van der Waals surface area (Å²) >= 11 is 1.86. The van der Waals surface area contributed by atoms with E-state index in [4.69, 9.17) is 5.53 Å². The first kappa shape index (κ1) is 10.7. The maximum absolute atomic E-state index is 7.99. The van der Waals surface area contributed by atoms with E-state index >= 15 is 0 Å². The van der Waals surface area contributed by atoms with Crippen LogP contribution < -0.4 is 0 Å². The zero-order valence-electron chi connectivity index (χ0n) is 7.32. The van der Waals surface area contributed by atoms with Crippen LogP contribution in [0.4, 0.5) is 0 Å². The van der Waals surface area contributed by atoms with E-state index in [0.717, 1.165) is 5.75 Å². The van der Waals surface area contributed by atoms with Gasteiger partial charge in [0, 0.05) is 16.7 Å². The van der Waals surface area contributed by atoms with Crippen molar-refractivity contribution in [1.29, 1.82) is 0 Å². The molecule has 0 aromatic carbocycles. The highest BCUT2D eigenvalue weighted by Crippen LogP contribution is 2.17. The summed E-state index contributed by atoms with van der Waals surface area (Å²) in [6, 6.07) is 0. The van der Waals surface area contributed by atoms with Gasteiger partial charge in [-0.2, -0.15) is 11.8 Å². The van der Waals surface area contributed by atoms with Crippen LogP contribution >= 0.6 is 11.8 Å². The van der Waals surface area contributed by atoms with E-state index in [1.165, 1.54) is 0 Å². The second kappa shape index (κ2) is 6.38. The second-order valence-corrected chi connectivity index (χ2v) is 4.26. The van der Waals surface area contributed by atoms with Gasteiger partial charge in [-0.05, 0) is 17.2 Å². The fraction of sp³-hybridized carbons (Fsp3) is 1.00. The lowest BCUT2D eigenvalue weighted by Gasteiger charge is -2.13. The van der Waals surface area contributed by atoms with Crippen molar-refractivity contribution >= 4 is 11.8 Å². The van der Waals surface area contributed by atoms with E-state index in [-0.39, 0.29) is 0 Å². The normalized spacial score (nSPS) is 12.7. The minimum Gasteiger partial charge on any atom is -0.158 e. The highest BCUT2D eigenvalue weighted by atomic mass is 32.2. The van der Waals surface area contributed by atoms with Crippen molar-refractivity contribution in [3.8, 4) is 0 Å². The van der Waals surface area contributed by atoms with Crippen LogP contribution in [0.2, 0.25) is 0 Å². The van der Waals surface area contributed by atoms with Crippen molar-refractivity contribution in [3.05, 3.63) is 10.4 Å². The molecule has 0 fully saturated rings. The quantitative estimate of drug-likeness (QED) is 0.273. The Morgan fingerprint density at radius 2 is 2.09 bits per heavy atom. The molecule has 0 saturated heterocycles. The first-order valence-electron chi connectivity index (χ1n) is 3.81. The minimum atomic E-state index is 0.609. The van der Waals surface area contributed by atoms with Crippen LogP contribution in [0.1, 0.15) is 20.8 Å². The van der Waals surface area contributed by atoms with Crippen molar-refractivity contribution < 1.29 is 0 Å². The molecule has 0 aromatic heterocycles. The summed E-state index contributed by atoms with van der Waals surface area (Å²) < 4.78 is 0. The second-order valence-electron chi connectivity index (χ2n) is 2.77. The van der Waals surface area contributed by atoms with E-state index < -0.39 is 0 Å². The molecule has 4 heteroatoms. The number of hydrogen-bond donors (Lipinski definition) is 0. The van der Waals surface area contributed by atoms with Gasteiger partial charge in [-0.25, -0.2) is 0 Å². The molecule has 0 spiro atoms. The van der Waals surface area contributed by atoms with Crippen LogP contribution in [0, 0.1) is 5.92 Å². The molecule has 0 aliphatic rings. The largest absolute Gasteiger partial charge is 0.158 e. The Balaban J connectivity index is 3.31. The summed E-state index contributed by atoms with van der Waals surface area (Å²) in [5.74, 6) is 1.63. The molecule has 0 aromatic rings. The Bertz CT molecular complexity index is 141. The molecule has 0 rings (SSSR count). The first-order chi connectivity index (χ1) is 5.18. The molecule has 1 atom stereocenters. The van der Waals surface area contributed by atoms with Gasteiger partial charge in [-0.15, -0.1) is 0 Å². The summed E-state index contributed by atoms with van der Waals surface area (Å²) in [6.45, 7) is 7.21. The lowest BCUT2D eigenvalue weighted by atomic mass is 10.2. The predicted octanol–water partition coefficient (Wildman–Crippen LogP) is 3.07. The van der Waals surface area contributed by atoms with E-state index in [1.807, 2.05) is 11.8 Å². The van der Waals surface area contributed by atoms with Gasteiger partial charge in [0.2, 0.25) is 0 Å². The van der Waals surface area contributed by atoms with Gasteiger partial charge in [-0.1, -0.05) is 25.9 Å². The lowest BCUT2D eigenvalue weighted by molar-refractivity contribution is 0.642.